The zero-order chi connectivity index (χ0) is 25.7. The largest absolute Gasteiger partial charge is 0.497 e. The molecule has 0 aromatic heterocycles. The van der Waals surface area contributed by atoms with Gasteiger partial charge < -0.3 is 19.3 Å². The predicted octanol–water partition coefficient (Wildman–Crippen LogP) is 2.29. The number of hydrogen-bond acceptors (Lipinski definition) is 7. The van der Waals surface area contributed by atoms with E-state index in [9.17, 15) is 23.6 Å². The molecule has 1 unspecified atom stereocenters. The van der Waals surface area contributed by atoms with Gasteiger partial charge in [-0.1, -0.05) is 42.1 Å². The van der Waals surface area contributed by atoms with Crippen molar-refractivity contribution >= 4 is 34.7 Å². The molecule has 1 atom stereocenters. The highest BCUT2D eigenvalue weighted by Crippen LogP contribution is 2.20. The van der Waals surface area contributed by atoms with Crippen LogP contribution in [0, 0.1) is 5.82 Å². The SMILES string of the molecule is COc1ccc(CN2CC(OCc3ccccc3F)CN(C(=O)CN3C(=O)CSC3=O)CC2=O)cc1. The molecule has 2 aromatic carbocycles. The lowest BCUT2D eigenvalue weighted by atomic mass is 10.2. The van der Waals surface area contributed by atoms with Gasteiger partial charge in [-0.25, -0.2) is 4.39 Å². The Kier molecular flexibility index (Phi) is 8.21. The fourth-order valence-corrected chi connectivity index (χ4v) is 4.70. The van der Waals surface area contributed by atoms with Crippen LogP contribution in [-0.4, -0.2) is 82.8 Å². The molecule has 2 aliphatic heterocycles. The highest BCUT2D eigenvalue weighted by Gasteiger charge is 2.36. The lowest BCUT2D eigenvalue weighted by Crippen LogP contribution is -2.46. The Morgan fingerprint density at radius 1 is 1.06 bits per heavy atom. The van der Waals surface area contributed by atoms with Gasteiger partial charge in [-0.15, -0.1) is 0 Å². The van der Waals surface area contributed by atoms with Crippen molar-refractivity contribution in [1.82, 2.24) is 14.7 Å². The number of carbonyl (C=O) groups is 4. The van der Waals surface area contributed by atoms with Gasteiger partial charge in [0.05, 0.1) is 32.1 Å². The molecule has 0 N–H and O–H groups in total. The highest BCUT2D eigenvalue weighted by atomic mass is 32.2. The smallest absolute Gasteiger partial charge is 0.289 e. The molecule has 0 saturated carbocycles. The van der Waals surface area contributed by atoms with Crippen molar-refractivity contribution < 1.29 is 33.0 Å². The van der Waals surface area contributed by atoms with E-state index in [4.69, 9.17) is 9.47 Å². The van der Waals surface area contributed by atoms with Gasteiger partial charge in [0, 0.05) is 25.2 Å². The number of rotatable bonds is 8. The molecule has 2 aliphatic rings. The van der Waals surface area contributed by atoms with Crippen LogP contribution >= 0.6 is 11.8 Å². The molecule has 0 radical (unpaired) electrons. The number of halogens is 1. The van der Waals surface area contributed by atoms with Crippen LogP contribution in [0.5, 0.6) is 5.75 Å². The van der Waals surface area contributed by atoms with Crippen molar-refractivity contribution in [2.75, 3.05) is 39.0 Å². The van der Waals surface area contributed by atoms with Crippen LogP contribution in [0.3, 0.4) is 0 Å². The summed E-state index contributed by atoms with van der Waals surface area (Å²) in [5.74, 6) is -0.993. The molecule has 0 bridgehead atoms. The standard InChI is InChI=1S/C25H26FN3O6S/c1-34-19-8-6-17(7-9-19)10-27-11-20(35-15-18-4-2-3-5-21(18)26)12-28(13-22(27)30)23(31)14-29-24(32)16-36-25(29)33/h2-9,20H,10-16H2,1H3. The second kappa shape index (κ2) is 11.5. The third kappa shape index (κ3) is 6.21. The van der Waals surface area contributed by atoms with Crippen LogP contribution in [0.4, 0.5) is 9.18 Å². The summed E-state index contributed by atoms with van der Waals surface area (Å²) in [5, 5.41) is -0.483. The Hall–Kier alpha value is -3.44. The number of nitrogens with zero attached hydrogens (tertiary/aromatic N) is 3. The summed E-state index contributed by atoms with van der Waals surface area (Å²) in [6.07, 6.45) is -0.613. The molecular formula is C25H26FN3O6S. The first-order chi connectivity index (χ1) is 17.3. The molecule has 0 aliphatic carbocycles. The van der Waals surface area contributed by atoms with Crippen molar-refractivity contribution in [3.8, 4) is 5.75 Å². The van der Waals surface area contributed by atoms with E-state index >= 15 is 0 Å². The maximum Gasteiger partial charge on any atom is 0.289 e. The van der Waals surface area contributed by atoms with Crippen LogP contribution in [0.1, 0.15) is 11.1 Å². The van der Waals surface area contributed by atoms with E-state index in [2.05, 4.69) is 0 Å². The van der Waals surface area contributed by atoms with E-state index in [-0.39, 0.29) is 44.4 Å². The number of methoxy groups -OCH3 is 1. The molecule has 4 rings (SSSR count). The van der Waals surface area contributed by atoms with Crippen molar-refractivity contribution in [3.63, 3.8) is 0 Å². The molecule has 11 heteroatoms. The van der Waals surface area contributed by atoms with Crippen molar-refractivity contribution in [2.24, 2.45) is 0 Å². The second-order valence-corrected chi connectivity index (χ2v) is 9.38. The Morgan fingerprint density at radius 2 is 1.81 bits per heavy atom. The predicted molar refractivity (Wildman–Crippen MR) is 130 cm³/mol. The number of ether oxygens (including phenoxy) is 2. The minimum Gasteiger partial charge on any atom is -0.497 e. The molecule has 2 aromatic rings. The minimum atomic E-state index is -0.613. The summed E-state index contributed by atoms with van der Waals surface area (Å²) in [7, 11) is 1.57. The van der Waals surface area contributed by atoms with Crippen molar-refractivity contribution in [1.29, 1.82) is 0 Å². The Bertz CT molecular complexity index is 1130. The quantitative estimate of drug-likeness (QED) is 0.532. The third-order valence-electron chi connectivity index (χ3n) is 5.98. The van der Waals surface area contributed by atoms with E-state index < -0.39 is 35.5 Å². The zero-order valence-corrected chi connectivity index (χ0v) is 20.5. The van der Waals surface area contributed by atoms with Crippen LogP contribution in [-0.2, 0) is 32.3 Å². The van der Waals surface area contributed by atoms with Crippen LogP contribution in [0.15, 0.2) is 48.5 Å². The number of thioether (sulfide) groups is 1. The van der Waals surface area contributed by atoms with Crippen LogP contribution < -0.4 is 4.74 Å². The first kappa shape index (κ1) is 25.6. The molecule has 190 valence electrons. The molecule has 2 fully saturated rings. The van der Waals surface area contributed by atoms with Gasteiger partial charge in [-0.2, -0.15) is 0 Å². The summed E-state index contributed by atoms with van der Waals surface area (Å²) in [6, 6.07) is 13.5. The van der Waals surface area contributed by atoms with E-state index in [0.717, 1.165) is 22.2 Å². The number of benzene rings is 2. The highest BCUT2D eigenvalue weighted by molar-refractivity contribution is 8.14. The number of amides is 4. The summed E-state index contributed by atoms with van der Waals surface area (Å²) in [4.78, 5) is 53.8. The van der Waals surface area contributed by atoms with E-state index in [1.807, 2.05) is 12.1 Å². The van der Waals surface area contributed by atoms with Gasteiger partial charge in [0.2, 0.25) is 17.7 Å². The topological polar surface area (TPSA) is 96.5 Å². The second-order valence-electron chi connectivity index (χ2n) is 8.46. The Morgan fingerprint density at radius 3 is 2.47 bits per heavy atom. The van der Waals surface area contributed by atoms with Gasteiger partial charge in [0.15, 0.2) is 0 Å². The third-order valence-corrected chi connectivity index (χ3v) is 6.84. The summed E-state index contributed by atoms with van der Waals surface area (Å²) < 4.78 is 25.3. The number of hydrogen-bond donors (Lipinski definition) is 0. The molecule has 0 spiro atoms. The van der Waals surface area contributed by atoms with E-state index in [1.54, 1.807) is 42.3 Å². The van der Waals surface area contributed by atoms with Crippen molar-refractivity contribution in [3.05, 3.63) is 65.5 Å². The summed E-state index contributed by atoms with van der Waals surface area (Å²) >= 11 is 0.841. The lowest BCUT2D eigenvalue weighted by molar-refractivity contribution is -0.140. The minimum absolute atomic E-state index is 0.00490. The molecule has 4 amide bonds. The lowest BCUT2D eigenvalue weighted by Gasteiger charge is -2.25. The van der Waals surface area contributed by atoms with Gasteiger partial charge in [0.1, 0.15) is 18.1 Å². The summed E-state index contributed by atoms with van der Waals surface area (Å²) in [6.45, 7) is -0.176. The molecule has 2 heterocycles. The van der Waals surface area contributed by atoms with Gasteiger partial charge in [0.25, 0.3) is 5.24 Å². The molecular weight excluding hydrogens is 489 g/mol. The Labute approximate surface area is 212 Å². The first-order valence-electron chi connectivity index (χ1n) is 11.3. The van der Waals surface area contributed by atoms with E-state index in [0.29, 0.717) is 11.3 Å². The first-order valence-corrected chi connectivity index (χ1v) is 12.3. The van der Waals surface area contributed by atoms with Crippen LogP contribution in [0.2, 0.25) is 0 Å². The fourth-order valence-electron chi connectivity index (χ4n) is 3.97. The summed E-state index contributed by atoms with van der Waals surface area (Å²) in [5.41, 5.74) is 1.22. The maximum atomic E-state index is 14.1. The number of imide groups is 1. The van der Waals surface area contributed by atoms with Gasteiger partial charge >= 0.3 is 0 Å². The average Bonchev–Trinajstić information content (AvgIpc) is 3.09. The fraction of sp³-hybridized carbons (Fsp3) is 0.360. The normalized spacial score (nSPS) is 18.6. The van der Waals surface area contributed by atoms with Crippen molar-refractivity contribution in [2.45, 2.75) is 19.3 Å². The van der Waals surface area contributed by atoms with Gasteiger partial charge in [-0.05, 0) is 23.8 Å². The molecule has 2 saturated heterocycles. The number of carbonyl (C=O) groups excluding carboxylic acids is 4. The Balaban J connectivity index is 1.50. The molecule has 36 heavy (non-hydrogen) atoms. The average molecular weight is 516 g/mol. The van der Waals surface area contributed by atoms with E-state index in [1.165, 1.54) is 11.0 Å². The maximum absolute atomic E-state index is 14.1. The zero-order valence-electron chi connectivity index (χ0n) is 19.7. The monoisotopic (exact) mass is 515 g/mol. The molecule has 9 nitrogen and oxygen atoms in total. The van der Waals surface area contributed by atoms with Gasteiger partial charge in [-0.3, -0.25) is 24.1 Å². The van der Waals surface area contributed by atoms with Crippen LogP contribution in [0.25, 0.3) is 0 Å².